The van der Waals surface area contributed by atoms with Crippen molar-refractivity contribution in [2.24, 2.45) is 0 Å². The van der Waals surface area contributed by atoms with Crippen molar-refractivity contribution in [1.29, 1.82) is 0 Å². The normalized spacial score (nSPS) is 10.9. The minimum Gasteiger partial charge on any atom is -0.478 e. The number of anilines is 1. The minimum absolute atomic E-state index is 0.241. The molecule has 0 saturated carbocycles. The number of rotatable bonds is 4. The Kier molecular flexibility index (Phi) is 4.12. The highest BCUT2D eigenvalue weighted by Crippen LogP contribution is 2.30. The summed E-state index contributed by atoms with van der Waals surface area (Å²) in [4.78, 5) is 41.9. The van der Waals surface area contributed by atoms with E-state index in [1.165, 1.54) is 12.1 Å². The molecule has 0 spiro atoms. The van der Waals surface area contributed by atoms with E-state index in [-0.39, 0.29) is 11.1 Å². The molecule has 4 aromatic rings. The Bertz CT molecular complexity index is 1340. The number of carbonyl (C=O) groups is 2. The number of para-hydroxylation sites is 2. The molecular weight excluding hydrogens is 376 g/mol. The number of carboxylic acids is 2. The molecule has 0 aliphatic heterocycles. The fourth-order valence-corrected chi connectivity index (χ4v) is 3.29. The van der Waals surface area contributed by atoms with Gasteiger partial charge in [0, 0.05) is 11.3 Å². The van der Waals surface area contributed by atoms with E-state index in [1.54, 1.807) is 18.5 Å². The third-order valence-electron chi connectivity index (χ3n) is 4.56. The lowest BCUT2D eigenvalue weighted by Gasteiger charge is -2.13. The van der Waals surface area contributed by atoms with Gasteiger partial charge in [-0.1, -0.05) is 24.3 Å². The molecule has 0 radical (unpaired) electrons. The van der Waals surface area contributed by atoms with E-state index in [0.29, 0.717) is 0 Å². The second-order valence-electron chi connectivity index (χ2n) is 6.25. The van der Waals surface area contributed by atoms with Crippen molar-refractivity contribution >= 4 is 28.8 Å². The average Bonchev–Trinajstić information content (AvgIpc) is 3.11. The smallest absolute Gasteiger partial charge is 0.342 e. The third kappa shape index (κ3) is 2.90. The highest BCUT2D eigenvalue weighted by molar-refractivity contribution is 6.07. The van der Waals surface area contributed by atoms with E-state index in [0.717, 1.165) is 16.7 Å². The van der Waals surface area contributed by atoms with Gasteiger partial charge in [0.2, 0.25) is 0 Å². The number of aromatic amines is 1. The first kappa shape index (κ1) is 18.0. The number of nitrogens with one attached hydrogen (secondary N) is 1. The maximum absolute atomic E-state index is 12.1. The lowest BCUT2D eigenvalue weighted by atomic mass is 9.95. The summed E-state index contributed by atoms with van der Waals surface area (Å²) in [6.45, 7) is 0. The summed E-state index contributed by atoms with van der Waals surface area (Å²) >= 11 is 0. The van der Waals surface area contributed by atoms with Gasteiger partial charge in [-0.15, -0.1) is 0 Å². The van der Waals surface area contributed by atoms with Crippen LogP contribution in [-0.2, 0) is 0 Å². The zero-order valence-corrected chi connectivity index (χ0v) is 14.8. The molecule has 0 atom stereocenters. The molecular formula is C20H14N4O5. The molecule has 9 nitrogen and oxygen atoms in total. The Morgan fingerprint density at radius 1 is 0.966 bits per heavy atom. The highest BCUT2D eigenvalue weighted by Gasteiger charge is 2.26. The summed E-state index contributed by atoms with van der Waals surface area (Å²) in [5.74, 6) is -3.40. The fourth-order valence-electron chi connectivity index (χ4n) is 3.29. The van der Waals surface area contributed by atoms with Gasteiger partial charge in [0.1, 0.15) is 23.3 Å². The molecule has 29 heavy (non-hydrogen) atoms. The van der Waals surface area contributed by atoms with Crippen LogP contribution in [0.3, 0.4) is 0 Å². The van der Waals surface area contributed by atoms with Gasteiger partial charge in [0.15, 0.2) is 0 Å². The topological polar surface area (TPSA) is 151 Å². The van der Waals surface area contributed by atoms with Gasteiger partial charge in [-0.05, 0) is 29.8 Å². The number of benzene rings is 2. The third-order valence-corrected chi connectivity index (χ3v) is 4.56. The van der Waals surface area contributed by atoms with Crippen LogP contribution in [0.15, 0.2) is 59.7 Å². The van der Waals surface area contributed by atoms with Crippen molar-refractivity contribution in [3.8, 4) is 16.8 Å². The number of fused-ring (bicyclic) bond motifs is 1. The van der Waals surface area contributed by atoms with Gasteiger partial charge in [0.25, 0.3) is 5.56 Å². The molecule has 4 rings (SSSR count). The molecule has 2 aromatic carbocycles. The van der Waals surface area contributed by atoms with Gasteiger partial charge in [-0.2, -0.15) is 0 Å². The number of aromatic nitrogens is 3. The number of nitrogens with zero attached hydrogens (tertiary/aromatic N) is 2. The van der Waals surface area contributed by atoms with Crippen molar-refractivity contribution in [3.63, 3.8) is 0 Å². The molecule has 5 N–H and O–H groups in total. The van der Waals surface area contributed by atoms with Gasteiger partial charge in [-0.25, -0.2) is 14.6 Å². The summed E-state index contributed by atoms with van der Waals surface area (Å²) in [7, 11) is 0. The van der Waals surface area contributed by atoms with E-state index >= 15 is 0 Å². The van der Waals surface area contributed by atoms with Crippen molar-refractivity contribution in [3.05, 3.63) is 76.3 Å². The van der Waals surface area contributed by atoms with Crippen LogP contribution in [0.25, 0.3) is 27.8 Å². The van der Waals surface area contributed by atoms with Gasteiger partial charge in [-0.3, -0.25) is 9.36 Å². The molecule has 0 aliphatic rings. The molecule has 2 aromatic heterocycles. The van der Waals surface area contributed by atoms with Crippen LogP contribution in [0.2, 0.25) is 0 Å². The molecule has 0 saturated heterocycles. The predicted molar refractivity (Wildman–Crippen MR) is 105 cm³/mol. The Morgan fingerprint density at radius 3 is 2.28 bits per heavy atom. The molecule has 9 heteroatoms. The van der Waals surface area contributed by atoms with Crippen molar-refractivity contribution in [1.82, 2.24) is 14.5 Å². The second kappa shape index (κ2) is 6.64. The van der Waals surface area contributed by atoms with Crippen LogP contribution in [-0.4, -0.2) is 36.7 Å². The molecule has 0 aliphatic carbocycles. The lowest BCUT2D eigenvalue weighted by Crippen LogP contribution is -2.24. The number of imidazole rings is 1. The number of aromatic carboxylic acids is 2. The number of nitrogens with two attached hydrogens (primary N) is 1. The van der Waals surface area contributed by atoms with E-state index in [1.807, 2.05) is 28.8 Å². The highest BCUT2D eigenvalue weighted by atomic mass is 16.4. The van der Waals surface area contributed by atoms with Gasteiger partial charge >= 0.3 is 11.9 Å². The van der Waals surface area contributed by atoms with Crippen LogP contribution in [0.1, 0.15) is 20.7 Å². The quantitative estimate of drug-likeness (QED) is 0.417. The minimum atomic E-state index is -1.55. The Hall–Kier alpha value is -4.40. The predicted octanol–water partition coefficient (Wildman–Crippen LogP) is 2.36. The lowest BCUT2D eigenvalue weighted by molar-refractivity contribution is 0.0695. The molecule has 144 valence electrons. The summed E-state index contributed by atoms with van der Waals surface area (Å²) in [5, 5.41) is 19.0. The summed E-state index contributed by atoms with van der Waals surface area (Å²) in [6, 6.07) is 14.0. The van der Waals surface area contributed by atoms with Gasteiger partial charge < -0.3 is 20.9 Å². The summed E-state index contributed by atoms with van der Waals surface area (Å²) < 4.78 is 1.83. The zero-order valence-electron chi connectivity index (χ0n) is 14.8. The monoisotopic (exact) mass is 390 g/mol. The zero-order chi connectivity index (χ0) is 20.7. The number of hydrogen-bond donors (Lipinski definition) is 4. The molecule has 0 fully saturated rings. The first-order chi connectivity index (χ1) is 13.9. The Morgan fingerprint density at radius 2 is 1.62 bits per heavy atom. The molecule has 0 bridgehead atoms. The van der Waals surface area contributed by atoms with E-state index in [4.69, 9.17) is 5.73 Å². The first-order valence-corrected chi connectivity index (χ1v) is 8.43. The Balaban J connectivity index is 1.92. The standard InChI is InChI=1S/C20H14N4O5/c21-17-15(19(26)27)14(16(20(28)29)18(25)23-17)10-5-7-11(8-6-10)24-9-22-12-3-1-2-4-13(12)24/h1-9H,(H,26,27)(H,28,29)(H3,21,23,25). The maximum atomic E-state index is 12.1. The molecule has 2 heterocycles. The fraction of sp³-hybridized carbons (Fsp3) is 0. The van der Waals surface area contributed by atoms with Crippen LogP contribution in [0.4, 0.5) is 5.82 Å². The largest absolute Gasteiger partial charge is 0.478 e. The van der Waals surface area contributed by atoms with Crippen LogP contribution < -0.4 is 11.3 Å². The van der Waals surface area contributed by atoms with E-state index in [2.05, 4.69) is 9.97 Å². The second-order valence-corrected chi connectivity index (χ2v) is 6.25. The SMILES string of the molecule is Nc1[nH]c(=O)c(C(=O)O)c(-c2ccc(-n3cnc4ccccc43)cc2)c1C(=O)O. The van der Waals surface area contributed by atoms with E-state index < -0.39 is 34.4 Å². The summed E-state index contributed by atoms with van der Waals surface area (Å²) in [5.41, 5.74) is 5.94. The first-order valence-electron chi connectivity index (χ1n) is 8.43. The van der Waals surface area contributed by atoms with Crippen LogP contribution >= 0.6 is 0 Å². The number of carboxylic acid groups (broad SMARTS) is 2. The van der Waals surface area contributed by atoms with Crippen LogP contribution in [0.5, 0.6) is 0 Å². The number of hydrogen-bond acceptors (Lipinski definition) is 5. The number of H-pyrrole nitrogens is 1. The summed E-state index contributed by atoms with van der Waals surface area (Å²) in [6.07, 6.45) is 1.65. The van der Waals surface area contributed by atoms with Crippen molar-refractivity contribution < 1.29 is 19.8 Å². The van der Waals surface area contributed by atoms with Crippen molar-refractivity contribution in [2.45, 2.75) is 0 Å². The molecule has 0 unspecified atom stereocenters. The van der Waals surface area contributed by atoms with Crippen molar-refractivity contribution in [2.75, 3.05) is 5.73 Å². The van der Waals surface area contributed by atoms with Gasteiger partial charge in [0.05, 0.1) is 11.0 Å². The molecule has 0 amide bonds. The Labute approximate surface area is 162 Å². The van der Waals surface area contributed by atoms with E-state index in [9.17, 15) is 24.6 Å². The van der Waals surface area contributed by atoms with Crippen LogP contribution in [0, 0.1) is 0 Å². The maximum Gasteiger partial charge on any atom is 0.342 e. The number of pyridine rings is 1. The number of nitrogen functional groups attached to an aromatic ring is 1. The average molecular weight is 390 g/mol.